The molecule has 0 fully saturated rings. The van der Waals surface area contributed by atoms with Crippen LogP contribution in [0, 0.1) is 0 Å². The fourth-order valence-corrected chi connectivity index (χ4v) is 3.09. The van der Waals surface area contributed by atoms with Crippen molar-refractivity contribution in [3.05, 3.63) is 70.2 Å². The molecule has 2 aromatic heterocycles. The summed E-state index contributed by atoms with van der Waals surface area (Å²) in [5, 5.41) is 4.55. The fourth-order valence-electron chi connectivity index (χ4n) is 2.61. The zero-order valence-electron chi connectivity index (χ0n) is 15.8. The summed E-state index contributed by atoms with van der Waals surface area (Å²) in [4.78, 5) is 12.9. The number of anilines is 1. The lowest BCUT2D eigenvalue weighted by molar-refractivity contribution is 0.462. The molecule has 1 aromatic carbocycles. The van der Waals surface area contributed by atoms with Gasteiger partial charge in [-0.25, -0.2) is 15.0 Å². The normalized spacial score (nSPS) is 11.9. The molecular formula is C21H22Cl2N4O. The summed E-state index contributed by atoms with van der Waals surface area (Å²) in [6.45, 7) is 4.91. The molecule has 0 amide bonds. The van der Waals surface area contributed by atoms with Crippen LogP contribution in [0.2, 0.25) is 10.0 Å². The average molecular weight is 417 g/mol. The van der Waals surface area contributed by atoms with Crippen molar-refractivity contribution in [3.63, 3.8) is 0 Å². The molecule has 3 aromatic rings. The lowest BCUT2D eigenvalue weighted by Crippen LogP contribution is -2.09. The molecule has 2 heterocycles. The summed E-state index contributed by atoms with van der Waals surface area (Å²) < 4.78 is 5.70. The lowest BCUT2D eigenvalue weighted by Gasteiger charge is -2.13. The molecule has 0 aliphatic rings. The second-order valence-electron chi connectivity index (χ2n) is 6.47. The Labute approximate surface area is 175 Å². The van der Waals surface area contributed by atoms with Gasteiger partial charge in [0.05, 0.1) is 5.69 Å². The molecule has 7 heteroatoms. The summed E-state index contributed by atoms with van der Waals surface area (Å²) >= 11 is 12.3. The van der Waals surface area contributed by atoms with Gasteiger partial charge in [-0.2, -0.15) is 0 Å². The van der Waals surface area contributed by atoms with Crippen LogP contribution in [0.1, 0.15) is 37.4 Å². The predicted molar refractivity (Wildman–Crippen MR) is 114 cm³/mol. The zero-order chi connectivity index (χ0) is 19.9. The van der Waals surface area contributed by atoms with Crippen LogP contribution in [0.15, 0.2) is 48.9 Å². The van der Waals surface area contributed by atoms with E-state index < -0.39 is 0 Å². The first-order valence-electron chi connectivity index (χ1n) is 9.19. The topological polar surface area (TPSA) is 59.9 Å². The summed E-state index contributed by atoms with van der Waals surface area (Å²) in [5.74, 6) is 2.20. The highest BCUT2D eigenvalue weighted by Crippen LogP contribution is 2.29. The van der Waals surface area contributed by atoms with Crippen LogP contribution in [0.5, 0.6) is 11.6 Å². The van der Waals surface area contributed by atoms with Gasteiger partial charge in [0.15, 0.2) is 0 Å². The molecule has 0 spiro atoms. The molecule has 28 heavy (non-hydrogen) atoms. The van der Waals surface area contributed by atoms with Gasteiger partial charge < -0.3 is 10.1 Å². The van der Waals surface area contributed by atoms with E-state index in [0.717, 1.165) is 24.1 Å². The van der Waals surface area contributed by atoms with Crippen LogP contribution in [-0.2, 0) is 6.42 Å². The predicted octanol–water partition coefficient (Wildman–Crippen LogP) is 6.14. The van der Waals surface area contributed by atoms with E-state index >= 15 is 0 Å². The third-order valence-electron chi connectivity index (χ3n) is 4.44. The third-order valence-corrected chi connectivity index (χ3v) is 5.06. The number of halogens is 2. The summed E-state index contributed by atoms with van der Waals surface area (Å²) in [6, 6.07) is 11.0. The first-order chi connectivity index (χ1) is 13.6. The second kappa shape index (κ2) is 9.71. The minimum absolute atomic E-state index is 0.299. The first-order valence-corrected chi connectivity index (χ1v) is 9.95. The SMILES string of the molecule is CCC(C)c1ncnc(NCCc2ccc(Oc3ccc(Cl)cc3)nc2)c1Cl. The molecule has 0 radical (unpaired) electrons. The van der Waals surface area contributed by atoms with Gasteiger partial charge in [-0.1, -0.05) is 43.1 Å². The van der Waals surface area contributed by atoms with Crippen molar-refractivity contribution in [2.75, 3.05) is 11.9 Å². The highest BCUT2D eigenvalue weighted by molar-refractivity contribution is 6.33. The van der Waals surface area contributed by atoms with Crippen LogP contribution < -0.4 is 10.1 Å². The molecule has 146 valence electrons. The molecule has 0 bridgehead atoms. The largest absolute Gasteiger partial charge is 0.439 e. The van der Waals surface area contributed by atoms with Gasteiger partial charge in [-0.05, 0) is 48.6 Å². The average Bonchev–Trinajstić information content (AvgIpc) is 2.72. The van der Waals surface area contributed by atoms with Crippen molar-refractivity contribution in [2.45, 2.75) is 32.6 Å². The Hall–Kier alpha value is -2.37. The van der Waals surface area contributed by atoms with E-state index in [1.165, 1.54) is 0 Å². The van der Waals surface area contributed by atoms with Crippen molar-refractivity contribution in [1.29, 1.82) is 0 Å². The molecule has 3 rings (SSSR count). The third kappa shape index (κ3) is 5.33. The smallest absolute Gasteiger partial charge is 0.219 e. The summed E-state index contributed by atoms with van der Waals surface area (Å²) in [7, 11) is 0. The van der Waals surface area contributed by atoms with E-state index in [1.807, 2.05) is 12.1 Å². The Morgan fingerprint density at radius 2 is 1.82 bits per heavy atom. The van der Waals surface area contributed by atoms with Crippen LogP contribution in [0.25, 0.3) is 0 Å². The van der Waals surface area contributed by atoms with E-state index in [-0.39, 0.29) is 0 Å². The van der Waals surface area contributed by atoms with E-state index in [1.54, 1.807) is 36.8 Å². The maximum atomic E-state index is 6.45. The maximum absolute atomic E-state index is 6.45. The number of rotatable bonds is 8. The van der Waals surface area contributed by atoms with Crippen molar-refractivity contribution < 1.29 is 4.74 Å². The van der Waals surface area contributed by atoms with E-state index in [0.29, 0.717) is 40.0 Å². The Kier molecular flexibility index (Phi) is 7.06. The van der Waals surface area contributed by atoms with Crippen LogP contribution in [0.4, 0.5) is 5.82 Å². The first kappa shape index (κ1) is 20.4. The monoisotopic (exact) mass is 416 g/mol. The van der Waals surface area contributed by atoms with E-state index in [4.69, 9.17) is 27.9 Å². The lowest BCUT2D eigenvalue weighted by atomic mass is 10.0. The second-order valence-corrected chi connectivity index (χ2v) is 7.28. The Bertz CT molecular complexity index is 901. The number of hydrogen-bond acceptors (Lipinski definition) is 5. The number of ether oxygens (including phenoxy) is 1. The van der Waals surface area contributed by atoms with Crippen LogP contribution in [0.3, 0.4) is 0 Å². The number of aromatic nitrogens is 3. The standard InChI is InChI=1S/C21H22Cl2N4O/c1-3-14(2)20-19(23)21(27-13-26-20)24-11-10-15-4-9-18(25-12-15)28-17-7-5-16(22)6-8-17/h4-9,12-14H,3,10-11H2,1-2H3,(H,24,26,27). The van der Waals surface area contributed by atoms with Crippen molar-refractivity contribution in [3.8, 4) is 11.6 Å². The molecule has 1 atom stereocenters. The minimum atomic E-state index is 0.299. The molecule has 5 nitrogen and oxygen atoms in total. The van der Waals surface area contributed by atoms with Crippen molar-refractivity contribution in [1.82, 2.24) is 15.0 Å². The quantitative estimate of drug-likeness (QED) is 0.477. The van der Waals surface area contributed by atoms with Gasteiger partial charge in [0.1, 0.15) is 22.9 Å². The number of nitrogens with one attached hydrogen (secondary N) is 1. The van der Waals surface area contributed by atoms with Gasteiger partial charge in [0, 0.05) is 23.8 Å². The molecule has 1 unspecified atom stereocenters. The van der Waals surface area contributed by atoms with Crippen LogP contribution in [-0.4, -0.2) is 21.5 Å². The Balaban J connectivity index is 1.55. The highest BCUT2D eigenvalue weighted by Gasteiger charge is 2.13. The molecule has 1 N–H and O–H groups in total. The van der Waals surface area contributed by atoms with Crippen molar-refractivity contribution >= 4 is 29.0 Å². The van der Waals surface area contributed by atoms with Gasteiger partial charge in [0.25, 0.3) is 0 Å². The number of nitrogens with zero attached hydrogens (tertiary/aromatic N) is 3. The van der Waals surface area contributed by atoms with Gasteiger partial charge >= 0.3 is 0 Å². The number of benzene rings is 1. The number of hydrogen-bond donors (Lipinski definition) is 1. The van der Waals surface area contributed by atoms with Gasteiger partial charge in [0.2, 0.25) is 5.88 Å². The molecular weight excluding hydrogens is 395 g/mol. The number of pyridine rings is 1. The Morgan fingerprint density at radius 3 is 2.50 bits per heavy atom. The highest BCUT2D eigenvalue weighted by atomic mass is 35.5. The molecule has 0 aliphatic carbocycles. The van der Waals surface area contributed by atoms with Crippen molar-refractivity contribution in [2.24, 2.45) is 0 Å². The van der Waals surface area contributed by atoms with E-state index in [2.05, 4.69) is 34.1 Å². The fraction of sp³-hybridized carbons (Fsp3) is 0.286. The van der Waals surface area contributed by atoms with Crippen LogP contribution >= 0.6 is 23.2 Å². The van der Waals surface area contributed by atoms with E-state index in [9.17, 15) is 0 Å². The van der Waals surface area contributed by atoms with Gasteiger partial charge in [-0.15, -0.1) is 0 Å². The maximum Gasteiger partial charge on any atom is 0.219 e. The van der Waals surface area contributed by atoms with Gasteiger partial charge in [-0.3, -0.25) is 0 Å². The molecule has 0 saturated carbocycles. The minimum Gasteiger partial charge on any atom is -0.439 e. The molecule has 0 saturated heterocycles. The Morgan fingerprint density at radius 1 is 1.04 bits per heavy atom. The summed E-state index contributed by atoms with van der Waals surface area (Å²) in [6.07, 6.45) is 5.12. The molecule has 0 aliphatic heterocycles. The zero-order valence-corrected chi connectivity index (χ0v) is 17.3. The summed E-state index contributed by atoms with van der Waals surface area (Å²) in [5.41, 5.74) is 1.97.